The molecule has 0 unspecified atom stereocenters. The molecule has 29 heavy (non-hydrogen) atoms. The lowest BCUT2D eigenvalue weighted by atomic mass is 9.93. The van der Waals surface area contributed by atoms with Crippen molar-refractivity contribution in [1.29, 1.82) is 0 Å². The third-order valence-corrected chi connectivity index (χ3v) is 6.85. The van der Waals surface area contributed by atoms with Crippen LogP contribution in [0.5, 0.6) is 0 Å². The van der Waals surface area contributed by atoms with E-state index in [4.69, 9.17) is 10.3 Å². The normalized spacial score (nSPS) is 19.3. The van der Waals surface area contributed by atoms with Crippen molar-refractivity contribution in [2.75, 3.05) is 19.3 Å². The molecule has 1 saturated carbocycles. The standard InChI is InChI=1S/C20H26N4O4S/c1-29(26,27)15-8-6-14(7-9-15)18-22-19(28-23-18)16(12-13-4-5-13)17(21)20(25)24-10-2-3-11-24/h6-9,13,16-17H,2-5,10-12,21H2,1H3/t16-,17-/m0/s1. The smallest absolute Gasteiger partial charge is 0.240 e. The van der Waals surface area contributed by atoms with Gasteiger partial charge in [0.15, 0.2) is 9.84 Å². The first-order valence-corrected chi connectivity index (χ1v) is 11.9. The Labute approximate surface area is 170 Å². The van der Waals surface area contributed by atoms with Gasteiger partial charge in [0.2, 0.25) is 17.6 Å². The lowest BCUT2D eigenvalue weighted by Gasteiger charge is -2.25. The third kappa shape index (κ3) is 4.51. The molecule has 2 fully saturated rings. The van der Waals surface area contributed by atoms with Gasteiger partial charge in [-0.15, -0.1) is 0 Å². The minimum atomic E-state index is -3.27. The highest BCUT2D eigenvalue weighted by atomic mass is 32.2. The maximum atomic E-state index is 12.8. The molecule has 9 heteroatoms. The van der Waals surface area contributed by atoms with Gasteiger partial charge in [0.25, 0.3) is 0 Å². The van der Waals surface area contributed by atoms with Crippen LogP contribution in [0.3, 0.4) is 0 Å². The van der Waals surface area contributed by atoms with Gasteiger partial charge in [-0.3, -0.25) is 4.79 Å². The van der Waals surface area contributed by atoms with E-state index in [2.05, 4.69) is 10.1 Å². The van der Waals surface area contributed by atoms with E-state index < -0.39 is 15.9 Å². The van der Waals surface area contributed by atoms with Gasteiger partial charge in [0, 0.05) is 24.9 Å². The summed E-state index contributed by atoms with van der Waals surface area (Å²) in [6.07, 6.45) is 6.22. The van der Waals surface area contributed by atoms with Crippen molar-refractivity contribution in [2.24, 2.45) is 11.7 Å². The summed E-state index contributed by atoms with van der Waals surface area (Å²) >= 11 is 0. The molecule has 0 bridgehead atoms. The third-order valence-electron chi connectivity index (χ3n) is 5.72. The second-order valence-corrected chi connectivity index (χ2v) is 10.1. The van der Waals surface area contributed by atoms with E-state index in [0.717, 1.165) is 51.4 Å². The first-order valence-electron chi connectivity index (χ1n) is 10.0. The number of sulfone groups is 1. The zero-order chi connectivity index (χ0) is 20.6. The van der Waals surface area contributed by atoms with Crippen molar-refractivity contribution < 1.29 is 17.7 Å². The monoisotopic (exact) mass is 418 g/mol. The topological polar surface area (TPSA) is 119 Å². The number of nitrogens with two attached hydrogens (primary N) is 1. The molecule has 1 aromatic carbocycles. The second kappa shape index (κ2) is 7.87. The Morgan fingerprint density at radius 2 is 1.90 bits per heavy atom. The van der Waals surface area contributed by atoms with E-state index in [1.165, 1.54) is 12.1 Å². The largest absolute Gasteiger partial charge is 0.341 e. The number of carbonyl (C=O) groups is 1. The lowest BCUT2D eigenvalue weighted by molar-refractivity contribution is -0.132. The Morgan fingerprint density at radius 3 is 2.48 bits per heavy atom. The van der Waals surface area contributed by atoms with E-state index in [1.54, 1.807) is 12.1 Å². The SMILES string of the molecule is CS(=O)(=O)c1ccc(-c2noc([C@@H](CC3CC3)[C@H](N)C(=O)N3CCCC3)n2)cc1. The number of aromatic nitrogens is 2. The molecule has 8 nitrogen and oxygen atoms in total. The Kier molecular flexibility index (Phi) is 5.44. The van der Waals surface area contributed by atoms with Crippen molar-refractivity contribution >= 4 is 15.7 Å². The molecular weight excluding hydrogens is 392 g/mol. The van der Waals surface area contributed by atoms with Gasteiger partial charge in [-0.05, 0) is 49.4 Å². The number of rotatable bonds is 7. The van der Waals surface area contributed by atoms with Crippen LogP contribution in [-0.4, -0.2) is 54.8 Å². The summed E-state index contributed by atoms with van der Waals surface area (Å²) in [7, 11) is -3.27. The minimum Gasteiger partial charge on any atom is -0.341 e. The van der Waals surface area contributed by atoms with Crippen molar-refractivity contribution in [3.05, 3.63) is 30.2 Å². The highest BCUT2D eigenvalue weighted by Crippen LogP contribution is 2.40. The summed E-state index contributed by atoms with van der Waals surface area (Å²) in [6, 6.07) is 5.64. The Bertz CT molecular complexity index is 976. The van der Waals surface area contributed by atoms with Gasteiger partial charge in [-0.2, -0.15) is 4.98 Å². The molecule has 4 rings (SSSR count). The van der Waals surface area contributed by atoms with Crippen LogP contribution in [-0.2, 0) is 14.6 Å². The number of carbonyl (C=O) groups excluding carboxylic acids is 1. The van der Waals surface area contributed by atoms with E-state index in [0.29, 0.717) is 23.2 Å². The van der Waals surface area contributed by atoms with Crippen LogP contribution >= 0.6 is 0 Å². The molecule has 2 aromatic rings. The van der Waals surface area contributed by atoms with Crippen LogP contribution in [0.15, 0.2) is 33.7 Å². The quantitative estimate of drug-likeness (QED) is 0.730. The first kappa shape index (κ1) is 20.0. The van der Waals surface area contributed by atoms with Gasteiger partial charge in [-0.25, -0.2) is 8.42 Å². The number of benzene rings is 1. The summed E-state index contributed by atoms with van der Waals surface area (Å²) in [5.74, 6) is 0.917. The molecule has 1 saturated heterocycles. The highest BCUT2D eigenvalue weighted by molar-refractivity contribution is 7.90. The Balaban J connectivity index is 1.56. The van der Waals surface area contributed by atoms with Crippen LogP contribution in [0.25, 0.3) is 11.4 Å². The van der Waals surface area contributed by atoms with E-state index in [-0.39, 0.29) is 16.7 Å². The van der Waals surface area contributed by atoms with Crippen molar-refractivity contribution in [3.63, 3.8) is 0 Å². The minimum absolute atomic E-state index is 0.0506. The van der Waals surface area contributed by atoms with E-state index in [9.17, 15) is 13.2 Å². The molecule has 1 aliphatic heterocycles. The van der Waals surface area contributed by atoms with Crippen LogP contribution in [0.4, 0.5) is 0 Å². The van der Waals surface area contributed by atoms with Crippen molar-refractivity contribution in [3.8, 4) is 11.4 Å². The summed E-state index contributed by atoms with van der Waals surface area (Å²) in [6.45, 7) is 1.51. The molecule has 1 aromatic heterocycles. The van der Waals surface area contributed by atoms with Crippen LogP contribution in [0.1, 0.15) is 43.9 Å². The average Bonchev–Trinajstić information content (AvgIpc) is 3.16. The van der Waals surface area contributed by atoms with Crippen molar-refractivity contribution in [1.82, 2.24) is 15.0 Å². The number of likely N-dealkylation sites (tertiary alicyclic amines) is 1. The fraction of sp³-hybridized carbons (Fsp3) is 0.550. The van der Waals surface area contributed by atoms with Gasteiger partial charge in [-0.1, -0.05) is 18.0 Å². The Morgan fingerprint density at radius 1 is 1.24 bits per heavy atom. The number of hydrogen-bond acceptors (Lipinski definition) is 7. The predicted molar refractivity (Wildman–Crippen MR) is 107 cm³/mol. The molecule has 1 aliphatic carbocycles. The summed E-state index contributed by atoms with van der Waals surface area (Å²) in [5.41, 5.74) is 7.03. The maximum absolute atomic E-state index is 12.8. The molecule has 2 heterocycles. The number of nitrogens with zero attached hydrogens (tertiary/aromatic N) is 3. The van der Waals surface area contributed by atoms with Crippen LogP contribution in [0, 0.1) is 5.92 Å². The first-order chi connectivity index (χ1) is 13.8. The highest BCUT2D eigenvalue weighted by Gasteiger charge is 2.38. The summed E-state index contributed by atoms with van der Waals surface area (Å²) in [4.78, 5) is 19.4. The van der Waals surface area contributed by atoms with Gasteiger partial charge in [0.1, 0.15) is 0 Å². The molecule has 2 N–H and O–H groups in total. The Hall–Kier alpha value is -2.26. The van der Waals surface area contributed by atoms with Gasteiger partial charge >= 0.3 is 0 Å². The van der Waals surface area contributed by atoms with Crippen LogP contribution < -0.4 is 5.73 Å². The van der Waals surface area contributed by atoms with Crippen LogP contribution in [0.2, 0.25) is 0 Å². The lowest BCUT2D eigenvalue weighted by Crippen LogP contribution is -2.46. The molecular formula is C20H26N4O4S. The predicted octanol–water partition coefficient (Wildman–Crippen LogP) is 1.97. The molecule has 156 valence electrons. The zero-order valence-electron chi connectivity index (χ0n) is 16.5. The molecule has 1 amide bonds. The van der Waals surface area contributed by atoms with E-state index in [1.807, 2.05) is 4.90 Å². The number of hydrogen-bond donors (Lipinski definition) is 1. The van der Waals surface area contributed by atoms with Gasteiger partial charge in [0.05, 0.1) is 16.9 Å². The molecule has 0 spiro atoms. The number of amides is 1. The average molecular weight is 419 g/mol. The van der Waals surface area contributed by atoms with Gasteiger partial charge < -0.3 is 15.2 Å². The second-order valence-electron chi connectivity index (χ2n) is 8.10. The molecule has 2 aliphatic rings. The molecule has 0 radical (unpaired) electrons. The fourth-order valence-corrected chi connectivity index (χ4v) is 4.42. The maximum Gasteiger partial charge on any atom is 0.240 e. The van der Waals surface area contributed by atoms with Crippen molar-refractivity contribution in [2.45, 2.75) is 49.0 Å². The van der Waals surface area contributed by atoms with E-state index >= 15 is 0 Å². The fourth-order valence-electron chi connectivity index (χ4n) is 3.79. The summed E-state index contributed by atoms with van der Waals surface area (Å²) in [5, 5.41) is 4.05. The summed E-state index contributed by atoms with van der Waals surface area (Å²) < 4.78 is 28.8. The molecule has 2 atom stereocenters. The zero-order valence-corrected chi connectivity index (χ0v) is 17.3.